The summed E-state index contributed by atoms with van der Waals surface area (Å²) in [6.45, 7) is 8.56. The molecular weight excluding hydrogens is 250 g/mol. The molecule has 1 heterocycles. The van der Waals surface area contributed by atoms with Crippen molar-refractivity contribution in [2.45, 2.75) is 58.5 Å². The molecule has 1 aromatic carbocycles. The summed E-state index contributed by atoms with van der Waals surface area (Å²) in [6.07, 6.45) is 5.68. The van der Waals surface area contributed by atoms with Gasteiger partial charge in [-0.15, -0.1) is 0 Å². The minimum absolute atomic E-state index is 0.0871. The van der Waals surface area contributed by atoms with E-state index in [9.17, 15) is 5.11 Å². The number of benzene rings is 1. The van der Waals surface area contributed by atoms with Crippen molar-refractivity contribution in [2.75, 3.05) is 18.0 Å². The maximum Gasteiger partial charge on any atom is 0.143 e. The van der Waals surface area contributed by atoms with Crippen molar-refractivity contribution in [2.24, 2.45) is 0 Å². The maximum absolute atomic E-state index is 9.74. The number of unbranched alkanes of at least 4 members (excludes halogenated alkanes) is 2. The lowest BCUT2D eigenvalue weighted by Crippen LogP contribution is -2.50. The van der Waals surface area contributed by atoms with Crippen molar-refractivity contribution < 1.29 is 9.84 Å². The molecule has 0 atom stereocenters. The molecule has 2 rings (SSSR count). The number of ether oxygens (including phenoxy) is 1. The highest BCUT2D eigenvalue weighted by Gasteiger charge is 2.36. The van der Waals surface area contributed by atoms with Crippen molar-refractivity contribution in [3.63, 3.8) is 0 Å². The highest BCUT2D eigenvalue weighted by atomic mass is 16.5. The highest BCUT2D eigenvalue weighted by molar-refractivity contribution is 5.63. The fraction of sp³-hybridized carbons (Fsp3) is 0.647. The third kappa shape index (κ3) is 3.02. The van der Waals surface area contributed by atoms with Gasteiger partial charge in [0.15, 0.2) is 0 Å². The summed E-state index contributed by atoms with van der Waals surface area (Å²) in [7, 11) is 0. The molecule has 112 valence electrons. The number of hydrogen-bond donors (Lipinski definition) is 1. The van der Waals surface area contributed by atoms with Crippen LogP contribution in [0.2, 0.25) is 0 Å². The number of rotatable bonds is 6. The Kier molecular flexibility index (Phi) is 4.79. The Morgan fingerprint density at radius 1 is 1.20 bits per heavy atom. The van der Waals surface area contributed by atoms with Crippen LogP contribution in [-0.2, 0) is 0 Å². The topological polar surface area (TPSA) is 32.7 Å². The van der Waals surface area contributed by atoms with Crippen LogP contribution < -0.4 is 9.64 Å². The van der Waals surface area contributed by atoms with Crippen LogP contribution in [0.15, 0.2) is 18.2 Å². The standard InChI is InChI=1S/C17H27NO2/c1-4-7-8-11-18-13-17(5-2,6-3)20-16-10-9-14(19)12-15(16)18/h9-10,12,19H,4-8,11,13H2,1-3H3. The van der Waals surface area contributed by atoms with Crippen LogP contribution in [-0.4, -0.2) is 23.8 Å². The van der Waals surface area contributed by atoms with E-state index in [1.54, 1.807) is 6.07 Å². The largest absolute Gasteiger partial charge is 0.508 e. The van der Waals surface area contributed by atoms with Crippen molar-refractivity contribution in [3.8, 4) is 11.5 Å². The summed E-state index contributed by atoms with van der Waals surface area (Å²) in [5.74, 6) is 1.22. The van der Waals surface area contributed by atoms with Crippen molar-refractivity contribution in [1.82, 2.24) is 0 Å². The maximum atomic E-state index is 9.74. The average Bonchev–Trinajstić information content (AvgIpc) is 2.47. The lowest BCUT2D eigenvalue weighted by atomic mass is 9.93. The van der Waals surface area contributed by atoms with Gasteiger partial charge >= 0.3 is 0 Å². The third-order valence-electron chi connectivity index (χ3n) is 4.41. The zero-order valence-corrected chi connectivity index (χ0v) is 13.0. The van der Waals surface area contributed by atoms with Gasteiger partial charge in [-0.1, -0.05) is 33.6 Å². The molecule has 0 aromatic heterocycles. The predicted octanol–water partition coefficient (Wildman–Crippen LogP) is 4.34. The molecule has 1 N–H and O–H groups in total. The number of hydrogen-bond acceptors (Lipinski definition) is 3. The molecule has 0 saturated carbocycles. The van der Waals surface area contributed by atoms with Gasteiger partial charge in [-0.05, 0) is 31.4 Å². The predicted molar refractivity (Wildman–Crippen MR) is 83.8 cm³/mol. The van der Waals surface area contributed by atoms with Gasteiger partial charge in [0.25, 0.3) is 0 Å². The van der Waals surface area contributed by atoms with E-state index in [-0.39, 0.29) is 5.60 Å². The molecule has 0 radical (unpaired) electrons. The van der Waals surface area contributed by atoms with Crippen molar-refractivity contribution in [3.05, 3.63) is 18.2 Å². The molecule has 0 bridgehead atoms. The third-order valence-corrected chi connectivity index (χ3v) is 4.41. The first-order valence-electron chi connectivity index (χ1n) is 7.91. The Morgan fingerprint density at radius 3 is 2.60 bits per heavy atom. The van der Waals surface area contributed by atoms with Crippen molar-refractivity contribution >= 4 is 5.69 Å². The fourth-order valence-electron chi connectivity index (χ4n) is 2.91. The number of anilines is 1. The number of phenolic OH excluding ortho intramolecular Hbond substituents is 1. The quantitative estimate of drug-likeness (QED) is 0.785. The molecule has 20 heavy (non-hydrogen) atoms. The summed E-state index contributed by atoms with van der Waals surface area (Å²) >= 11 is 0. The average molecular weight is 277 g/mol. The summed E-state index contributed by atoms with van der Waals surface area (Å²) in [4.78, 5) is 2.39. The zero-order valence-electron chi connectivity index (χ0n) is 13.0. The summed E-state index contributed by atoms with van der Waals surface area (Å²) in [6, 6.07) is 5.44. The number of aromatic hydroxyl groups is 1. The Hall–Kier alpha value is -1.38. The van der Waals surface area contributed by atoms with Gasteiger partial charge in [-0.3, -0.25) is 0 Å². The van der Waals surface area contributed by atoms with E-state index in [4.69, 9.17) is 4.74 Å². The van der Waals surface area contributed by atoms with Gasteiger partial charge in [0, 0.05) is 12.6 Å². The molecule has 1 aromatic rings. The van der Waals surface area contributed by atoms with Gasteiger partial charge in [-0.25, -0.2) is 0 Å². The normalized spacial score (nSPS) is 16.6. The monoisotopic (exact) mass is 277 g/mol. The van der Waals surface area contributed by atoms with Crippen LogP contribution in [0.3, 0.4) is 0 Å². The second-order valence-electron chi connectivity index (χ2n) is 5.77. The van der Waals surface area contributed by atoms with Crippen LogP contribution in [0.5, 0.6) is 11.5 Å². The summed E-state index contributed by atoms with van der Waals surface area (Å²) < 4.78 is 6.26. The van der Waals surface area contributed by atoms with Crippen LogP contribution in [0.25, 0.3) is 0 Å². The molecule has 1 aliphatic heterocycles. The van der Waals surface area contributed by atoms with E-state index in [1.165, 1.54) is 19.3 Å². The minimum atomic E-state index is -0.0871. The molecule has 0 aliphatic carbocycles. The zero-order chi connectivity index (χ0) is 14.6. The van der Waals surface area contributed by atoms with Gasteiger partial charge < -0.3 is 14.7 Å². The van der Waals surface area contributed by atoms with Crippen LogP contribution >= 0.6 is 0 Å². The molecule has 3 heteroatoms. The van der Waals surface area contributed by atoms with E-state index >= 15 is 0 Å². The van der Waals surface area contributed by atoms with E-state index in [1.807, 2.05) is 12.1 Å². The number of fused-ring (bicyclic) bond motifs is 1. The van der Waals surface area contributed by atoms with E-state index < -0.39 is 0 Å². The van der Waals surface area contributed by atoms with Crippen molar-refractivity contribution in [1.29, 1.82) is 0 Å². The van der Waals surface area contributed by atoms with Crippen LogP contribution in [0.1, 0.15) is 52.9 Å². The Labute approximate surface area is 122 Å². The number of phenols is 1. The lowest BCUT2D eigenvalue weighted by molar-refractivity contribution is 0.0572. The molecule has 0 saturated heterocycles. The Morgan fingerprint density at radius 2 is 1.95 bits per heavy atom. The van der Waals surface area contributed by atoms with Gasteiger partial charge in [0.05, 0.1) is 12.2 Å². The minimum Gasteiger partial charge on any atom is -0.508 e. The van der Waals surface area contributed by atoms with Crippen LogP contribution in [0, 0.1) is 0 Å². The molecule has 1 aliphatic rings. The second kappa shape index (κ2) is 6.38. The second-order valence-corrected chi connectivity index (χ2v) is 5.77. The number of nitrogens with zero attached hydrogens (tertiary/aromatic N) is 1. The van der Waals surface area contributed by atoms with Gasteiger partial charge in [-0.2, -0.15) is 0 Å². The van der Waals surface area contributed by atoms with E-state index in [0.29, 0.717) is 5.75 Å². The lowest BCUT2D eigenvalue weighted by Gasteiger charge is -2.44. The first-order chi connectivity index (χ1) is 9.64. The summed E-state index contributed by atoms with van der Waals surface area (Å²) in [5.41, 5.74) is 0.953. The van der Waals surface area contributed by atoms with Gasteiger partial charge in [0.2, 0.25) is 0 Å². The first kappa shape index (κ1) is 15.0. The highest BCUT2D eigenvalue weighted by Crippen LogP contribution is 2.41. The smallest absolute Gasteiger partial charge is 0.143 e. The molecule has 3 nitrogen and oxygen atoms in total. The molecule has 0 amide bonds. The molecule has 0 spiro atoms. The first-order valence-corrected chi connectivity index (χ1v) is 7.91. The van der Waals surface area contributed by atoms with Crippen LogP contribution in [0.4, 0.5) is 5.69 Å². The Bertz CT molecular complexity index is 441. The van der Waals surface area contributed by atoms with Gasteiger partial charge in [0.1, 0.15) is 17.1 Å². The van der Waals surface area contributed by atoms with E-state index in [2.05, 4.69) is 25.7 Å². The molecular formula is C17H27NO2. The summed E-state index contributed by atoms with van der Waals surface area (Å²) in [5, 5.41) is 9.74. The fourth-order valence-corrected chi connectivity index (χ4v) is 2.91. The van der Waals surface area contributed by atoms with E-state index in [0.717, 1.165) is 37.4 Å². The Balaban J connectivity index is 2.26. The SMILES string of the molecule is CCCCCN1CC(CC)(CC)Oc2ccc(O)cc21. The molecule has 0 unspecified atom stereocenters. The molecule has 0 fully saturated rings.